The number of nitrogens with zero attached hydrogens (tertiary/aromatic N) is 4. The number of carbonyl (C=O) groups is 1. The Labute approximate surface area is 152 Å². The fraction of sp³-hybridized carbons (Fsp3) is 0.333. The molecule has 0 aliphatic rings. The van der Waals surface area contributed by atoms with Crippen LogP contribution in [0, 0.1) is 0 Å². The van der Waals surface area contributed by atoms with Gasteiger partial charge in [0.2, 0.25) is 5.60 Å². The Morgan fingerprint density at radius 2 is 2.00 bits per heavy atom. The van der Waals surface area contributed by atoms with E-state index in [9.17, 15) is 23.1 Å². The molecule has 0 aliphatic heterocycles. The third-order valence-electron chi connectivity index (χ3n) is 4.47. The molecule has 3 aromatic rings. The van der Waals surface area contributed by atoms with Gasteiger partial charge in [0.25, 0.3) is 0 Å². The molecule has 27 heavy (non-hydrogen) atoms. The summed E-state index contributed by atoms with van der Waals surface area (Å²) >= 11 is 0. The van der Waals surface area contributed by atoms with Gasteiger partial charge in [-0.2, -0.15) is 13.2 Å². The molecule has 1 aromatic carbocycles. The second kappa shape index (κ2) is 6.73. The minimum atomic E-state index is -4.85. The predicted octanol–water partition coefficient (Wildman–Crippen LogP) is 3.24. The zero-order valence-electron chi connectivity index (χ0n) is 14.7. The molecule has 9 heteroatoms. The summed E-state index contributed by atoms with van der Waals surface area (Å²) in [6.07, 6.45) is -2.80. The Hall–Kier alpha value is -2.81. The second-order valence-electron chi connectivity index (χ2n) is 6.28. The van der Waals surface area contributed by atoms with Crippen molar-refractivity contribution in [3.63, 3.8) is 0 Å². The number of hydrogen-bond donors (Lipinski definition) is 1. The maximum atomic E-state index is 13.1. The zero-order valence-corrected chi connectivity index (χ0v) is 14.7. The van der Waals surface area contributed by atoms with Crippen LogP contribution < -0.4 is 0 Å². The van der Waals surface area contributed by atoms with Crippen LogP contribution in [0.1, 0.15) is 41.9 Å². The maximum absolute atomic E-state index is 13.1. The van der Waals surface area contributed by atoms with E-state index in [1.807, 2.05) is 0 Å². The Morgan fingerprint density at radius 3 is 2.63 bits per heavy atom. The quantitative estimate of drug-likeness (QED) is 0.690. The van der Waals surface area contributed by atoms with Gasteiger partial charge in [0, 0.05) is 17.1 Å². The standard InChI is InChI=1S/C18H17F3N4O2/c1-3-17(27,18(19,20)21)16-10-25(24-23-16)9-12-4-5-14-13(11(2)26)6-7-22-15(14)8-12/h4-8,10,27H,3,9H2,1-2H3/t17-/m0/s1. The van der Waals surface area contributed by atoms with Gasteiger partial charge in [0.05, 0.1) is 18.3 Å². The van der Waals surface area contributed by atoms with E-state index in [4.69, 9.17) is 0 Å². The first-order chi connectivity index (χ1) is 12.7. The number of fused-ring (bicyclic) bond motifs is 1. The SMILES string of the molecule is CC[C@](O)(c1cn(Cc2ccc3c(C(C)=O)ccnc3c2)nn1)C(F)(F)F. The molecule has 0 fully saturated rings. The number of aliphatic hydroxyl groups is 1. The summed E-state index contributed by atoms with van der Waals surface area (Å²) in [7, 11) is 0. The molecule has 0 aliphatic carbocycles. The third-order valence-corrected chi connectivity index (χ3v) is 4.47. The highest BCUT2D eigenvalue weighted by Gasteiger charge is 2.55. The lowest BCUT2D eigenvalue weighted by molar-refractivity contribution is -0.269. The smallest absolute Gasteiger partial charge is 0.375 e. The van der Waals surface area contributed by atoms with Crippen LogP contribution in [-0.4, -0.2) is 37.0 Å². The van der Waals surface area contributed by atoms with Gasteiger partial charge in [0.1, 0.15) is 5.69 Å². The monoisotopic (exact) mass is 378 g/mol. The Kier molecular flexibility index (Phi) is 4.73. The molecule has 0 saturated carbocycles. The highest BCUT2D eigenvalue weighted by Crippen LogP contribution is 2.40. The van der Waals surface area contributed by atoms with E-state index in [0.29, 0.717) is 16.5 Å². The molecule has 0 unspecified atom stereocenters. The lowest BCUT2D eigenvalue weighted by Gasteiger charge is -2.26. The number of halogens is 3. The van der Waals surface area contributed by atoms with Gasteiger partial charge in [0.15, 0.2) is 5.78 Å². The molecule has 3 rings (SSSR count). The molecular weight excluding hydrogens is 361 g/mol. The van der Waals surface area contributed by atoms with Crippen molar-refractivity contribution < 1.29 is 23.1 Å². The number of alkyl halides is 3. The van der Waals surface area contributed by atoms with Crippen LogP contribution in [0.5, 0.6) is 0 Å². The fourth-order valence-electron chi connectivity index (χ4n) is 2.88. The fourth-order valence-corrected chi connectivity index (χ4v) is 2.88. The highest BCUT2D eigenvalue weighted by molar-refractivity contribution is 6.06. The largest absolute Gasteiger partial charge is 0.423 e. The van der Waals surface area contributed by atoms with Crippen LogP contribution in [0.4, 0.5) is 13.2 Å². The molecule has 1 atom stereocenters. The Balaban J connectivity index is 1.91. The number of benzene rings is 1. The van der Waals surface area contributed by atoms with E-state index in [-0.39, 0.29) is 12.3 Å². The third kappa shape index (κ3) is 3.42. The number of carbonyl (C=O) groups excluding carboxylic acids is 1. The highest BCUT2D eigenvalue weighted by atomic mass is 19.4. The van der Waals surface area contributed by atoms with Crippen LogP contribution in [0.25, 0.3) is 10.9 Å². The van der Waals surface area contributed by atoms with Gasteiger partial charge in [-0.1, -0.05) is 24.3 Å². The summed E-state index contributed by atoms with van der Waals surface area (Å²) in [5.74, 6) is -0.0814. The van der Waals surface area contributed by atoms with E-state index in [0.717, 1.165) is 11.8 Å². The van der Waals surface area contributed by atoms with E-state index in [1.54, 1.807) is 24.3 Å². The number of pyridine rings is 1. The van der Waals surface area contributed by atoms with Gasteiger partial charge in [-0.15, -0.1) is 5.10 Å². The lowest BCUT2D eigenvalue weighted by Crippen LogP contribution is -2.42. The number of hydrogen-bond acceptors (Lipinski definition) is 5. The molecule has 142 valence electrons. The van der Waals surface area contributed by atoms with Crippen molar-refractivity contribution in [1.82, 2.24) is 20.0 Å². The normalized spacial score (nSPS) is 14.3. The van der Waals surface area contributed by atoms with Crippen molar-refractivity contribution in [2.24, 2.45) is 0 Å². The van der Waals surface area contributed by atoms with Crippen molar-refractivity contribution in [3.8, 4) is 0 Å². The van der Waals surface area contributed by atoms with Crippen LogP contribution in [0.3, 0.4) is 0 Å². The summed E-state index contributed by atoms with van der Waals surface area (Å²) in [5, 5.41) is 17.8. The number of rotatable bonds is 5. The summed E-state index contributed by atoms with van der Waals surface area (Å²) in [6, 6.07) is 6.85. The van der Waals surface area contributed by atoms with Crippen molar-refractivity contribution in [1.29, 1.82) is 0 Å². The molecule has 0 spiro atoms. The minimum absolute atomic E-state index is 0.0814. The van der Waals surface area contributed by atoms with E-state index >= 15 is 0 Å². The Morgan fingerprint density at radius 1 is 1.26 bits per heavy atom. The first kappa shape index (κ1) is 19.0. The molecule has 2 aromatic heterocycles. The predicted molar refractivity (Wildman–Crippen MR) is 91.1 cm³/mol. The molecular formula is C18H17F3N4O2. The maximum Gasteiger partial charge on any atom is 0.423 e. The summed E-state index contributed by atoms with van der Waals surface area (Å²) < 4.78 is 40.6. The first-order valence-corrected chi connectivity index (χ1v) is 8.24. The van der Waals surface area contributed by atoms with Crippen LogP contribution in [0.2, 0.25) is 0 Å². The van der Waals surface area contributed by atoms with Gasteiger partial charge in [-0.3, -0.25) is 9.78 Å². The summed E-state index contributed by atoms with van der Waals surface area (Å²) in [5.41, 5.74) is -1.71. The molecule has 2 heterocycles. The van der Waals surface area contributed by atoms with E-state index in [2.05, 4.69) is 15.3 Å². The molecule has 0 bridgehead atoms. The van der Waals surface area contributed by atoms with Crippen LogP contribution in [0.15, 0.2) is 36.7 Å². The molecule has 0 saturated heterocycles. The number of aromatic nitrogens is 4. The first-order valence-electron chi connectivity index (χ1n) is 8.24. The van der Waals surface area contributed by atoms with Crippen LogP contribution >= 0.6 is 0 Å². The van der Waals surface area contributed by atoms with Gasteiger partial charge in [-0.05, 0) is 31.0 Å². The minimum Gasteiger partial charge on any atom is -0.375 e. The molecule has 6 nitrogen and oxygen atoms in total. The Bertz CT molecular complexity index is 1000. The van der Waals surface area contributed by atoms with Crippen molar-refractivity contribution in [2.75, 3.05) is 0 Å². The molecule has 0 radical (unpaired) electrons. The summed E-state index contributed by atoms with van der Waals surface area (Å²) in [4.78, 5) is 15.9. The molecule has 1 N–H and O–H groups in total. The van der Waals surface area contributed by atoms with Crippen LogP contribution in [-0.2, 0) is 12.1 Å². The van der Waals surface area contributed by atoms with Gasteiger partial charge >= 0.3 is 6.18 Å². The second-order valence-corrected chi connectivity index (χ2v) is 6.28. The van der Waals surface area contributed by atoms with E-state index < -0.39 is 23.9 Å². The lowest BCUT2D eigenvalue weighted by atomic mass is 9.96. The number of Topliss-reactive ketones (excluding diaryl/α,β-unsaturated/α-hetero) is 1. The van der Waals surface area contributed by atoms with Gasteiger partial charge in [-0.25, -0.2) is 4.68 Å². The summed E-state index contributed by atoms with van der Waals surface area (Å²) in [6.45, 7) is 2.84. The topological polar surface area (TPSA) is 80.9 Å². The van der Waals surface area contributed by atoms with Crippen molar-refractivity contribution in [2.45, 2.75) is 38.6 Å². The molecule has 0 amide bonds. The van der Waals surface area contributed by atoms with Crippen molar-refractivity contribution >= 4 is 16.7 Å². The van der Waals surface area contributed by atoms with Crippen molar-refractivity contribution in [3.05, 3.63) is 53.5 Å². The number of ketones is 1. The average Bonchev–Trinajstić information content (AvgIpc) is 3.08. The van der Waals surface area contributed by atoms with E-state index in [1.165, 1.54) is 24.7 Å². The zero-order chi connectivity index (χ0) is 19.8. The average molecular weight is 378 g/mol. The van der Waals surface area contributed by atoms with Gasteiger partial charge < -0.3 is 5.11 Å².